The smallest absolute Gasteiger partial charge is 0.252 e. The average molecular weight is 914 g/mol. The van der Waals surface area contributed by atoms with Crippen LogP contribution >= 0.6 is 0 Å². The second-order valence-electron chi connectivity index (χ2n) is 19.6. The predicted octanol–water partition coefficient (Wildman–Crippen LogP) is 14.7. The zero-order valence-corrected chi connectivity index (χ0v) is 38.9. The number of benzene rings is 11. The third-order valence-corrected chi connectivity index (χ3v) is 16.1. The third kappa shape index (κ3) is 4.92. The fraction of sp³-hybridized carbons (Fsp3) is 0. The van der Waals surface area contributed by atoms with Crippen LogP contribution in [0.2, 0.25) is 0 Å². The van der Waals surface area contributed by atoms with E-state index in [2.05, 4.69) is 266 Å². The van der Waals surface area contributed by atoms with E-state index in [1.807, 2.05) is 0 Å². The van der Waals surface area contributed by atoms with Gasteiger partial charge in [-0.3, -0.25) is 0 Å². The first-order chi connectivity index (χ1) is 35.8. The van der Waals surface area contributed by atoms with Crippen LogP contribution in [0.15, 0.2) is 243 Å². The molecular weight excluding hydrogens is 874 g/mol. The van der Waals surface area contributed by atoms with Gasteiger partial charge >= 0.3 is 0 Å². The van der Waals surface area contributed by atoms with Crippen LogP contribution in [0.4, 0.5) is 17.1 Å². The Morgan fingerprint density at radius 1 is 0.236 bits per heavy atom. The summed E-state index contributed by atoms with van der Waals surface area (Å²) in [6, 6.07) is 90.5. The van der Waals surface area contributed by atoms with Crippen molar-refractivity contribution in [2.75, 3.05) is 4.90 Å². The normalized spacial score (nSPS) is 12.9. The van der Waals surface area contributed by atoms with Gasteiger partial charge in [0, 0.05) is 88.4 Å². The molecule has 5 nitrogen and oxygen atoms in total. The van der Waals surface area contributed by atoms with Gasteiger partial charge in [-0.2, -0.15) is 0 Å². The lowest BCUT2D eigenvalue weighted by molar-refractivity contribution is 1.15. The molecule has 0 unspecified atom stereocenters. The highest BCUT2D eigenvalue weighted by molar-refractivity contribution is 7.00. The molecule has 4 aromatic heterocycles. The van der Waals surface area contributed by atoms with Gasteiger partial charge in [-0.05, 0) is 120 Å². The van der Waals surface area contributed by atoms with Crippen molar-refractivity contribution < 1.29 is 0 Å². The first kappa shape index (κ1) is 38.3. The Bertz CT molecular complexity index is 4680. The highest BCUT2D eigenvalue weighted by Crippen LogP contribution is 2.45. The lowest BCUT2D eigenvalue weighted by atomic mass is 9.33. The van der Waals surface area contributed by atoms with E-state index in [0.717, 1.165) is 22.7 Å². The molecule has 0 atom stereocenters. The molecule has 2 aliphatic rings. The SMILES string of the molecule is c1ccc(N2c3cc(-n4c5ccccc5c5ccccc54)ccc3B3c4c2cccc4-n2c4ccc(-n5c6ccccc6c6ccccc65)cc4c4cc(-n5c6ccccc6c6ccccc65)cc3c42)cc1. The van der Waals surface area contributed by atoms with Gasteiger partial charge in [0.2, 0.25) is 0 Å². The lowest BCUT2D eigenvalue weighted by Crippen LogP contribution is -2.60. The van der Waals surface area contributed by atoms with Crippen molar-refractivity contribution in [1.29, 1.82) is 0 Å². The van der Waals surface area contributed by atoms with Crippen molar-refractivity contribution in [2.24, 2.45) is 0 Å². The molecule has 15 aromatic rings. The molecule has 0 amide bonds. The van der Waals surface area contributed by atoms with Crippen molar-refractivity contribution in [3.8, 4) is 22.7 Å². The zero-order chi connectivity index (χ0) is 46.8. The Labute approximate surface area is 413 Å². The summed E-state index contributed by atoms with van der Waals surface area (Å²) in [6.45, 7) is -0.0671. The molecule has 0 fully saturated rings. The number of fused-ring (bicyclic) bond motifs is 16. The summed E-state index contributed by atoms with van der Waals surface area (Å²) in [7, 11) is 0. The van der Waals surface area contributed by atoms with E-state index in [9.17, 15) is 0 Å². The third-order valence-electron chi connectivity index (χ3n) is 16.1. The number of para-hydroxylation sites is 7. The molecule has 332 valence electrons. The molecule has 0 N–H and O–H groups in total. The van der Waals surface area contributed by atoms with Crippen LogP contribution in [0, 0.1) is 0 Å². The zero-order valence-electron chi connectivity index (χ0n) is 38.9. The van der Waals surface area contributed by atoms with Gasteiger partial charge < -0.3 is 23.2 Å². The fourth-order valence-corrected chi connectivity index (χ4v) is 13.3. The number of anilines is 3. The number of hydrogen-bond donors (Lipinski definition) is 0. The van der Waals surface area contributed by atoms with Crippen LogP contribution in [-0.2, 0) is 0 Å². The molecule has 2 aliphatic heterocycles. The summed E-state index contributed by atoms with van der Waals surface area (Å²) in [5.41, 5.74) is 21.7. The van der Waals surface area contributed by atoms with E-state index in [1.165, 1.54) is 121 Å². The Kier molecular flexibility index (Phi) is 7.49. The van der Waals surface area contributed by atoms with Crippen LogP contribution in [0.3, 0.4) is 0 Å². The van der Waals surface area contributed by atoms with Gasteiger partial charge in [0.1, 0.15) is 0 Å². The average Bonchev–Trinajstić information content (AvgIpc) is 4.17. The number of rotatable bonds is 4. The summed E-state index contributed by atoms with van der Waals surface area (Å²) in [6.07, 6.45) is 0. The minimum atomic E-state index is -0.0671. The Hall–Kier alpha value is -9.52. The van der Waals surface area contributed by atoms with Crippen molar-refractivity contribution in [3.63, 3.8) is 0 Å². The summed E-state index contributed by atoms with van der Waals surface area (Å²) in [4.78, 5) is 2.52. The summed E-state index contributed by atoms with van der Waals surface area (Å²) in [5, 5.41) is 10.0. The maximum Gasteiger partial charge on any atom is 0.252 e. The quantitative estimate of drug-likeness (QED) is 0.161. The van der Waals surface area contributed by atoms with Crippen molar-refractivity contribution >= 4 is 127 Å². The molecule has 72 heavy (non-hydrogen) atoms. The first-order valence-corrected chi connectivity index (χ1v) is 25.0. The molecule has 6 heterocycles. The van der Waals surface area contributed by atoms with Crippen LogP contribution in [0.25, 0.3) is 110 Å². The minimum Gasteiger partial charge on any atom is -0.311 e. The molecule has 0 saturated heterocycles. The standard InChI is InChI=1S/C66H40BN5/c1-2-17-41(18-3-1)68-62-31-16-32-63-65(62)67(53-35-33-43(40-64(53)68)70-57-27-12-6-21-47(57)48-22-7-13-28-58(48)70)54-39-44(71-59-29-14-8-23-49(59)50-24-9-15-30-60(50)71)38-52-51-37-42(34-36-61(51)72(63)66(52)54)69-55-25-10-4-19-45(55)46-20-5-11-26-56(46)69/h1-40H. The van der Waals surface area contributed by atoms with Gasteiger partial charge in [0.15, 0.2) is 0 Å². The van der Waals surface area contributed by atoms with Gasteiger partial charge in [-0.15, -0.1) is 0 Å². The summed E-state index contributed by atoms with van der Waals surface area (Å²) in [5.74, 6) is 0. The molecule has 11 aromatic carbocycles. The van der Waals surface area contributed by atoms with Crippen LogP contribution in [0.1, 0.15) is 0 Å². The monoisotopic (exact) mass is 913 g/mol. The predicted molar refractivity (Wildman–Crippen MR) is 303 cm³/mol. The van der Waals surface area contributed by atoms with Crippen LogP contribution < -0.4 is 21.3 Å². The molecule has 0 saturated carbocycles. The van der Waals surface area contributed by atoms with Crippen LogP contribution in [-0.4, -0.2) is 25.0 Å². The molecule has 6 heteroatoms. The molecule has 0 aliphatic carbocycles. The van der Waals surface area contributed by atoms with Crippen LogP contribution in [0.5, 0.6) is 0 Å². The van der Waals surface area contributed by atoms with Gasteiger partial charge in [-0.1, -0.05) is 140 Å². The van der Waals surface area contributed by atoms with E-state index >= 15 is 0 Å². The fourth-order valence-electron chi connectivity index (χ4n) is 13.3. The first-order valence-electron chi connectivity index (χ1n) is 25.0. The minimum absolute atomic E-state index is 0.0671. The highest BCUT2D eigenvalue weighted by Gasteiger charge is 2.42. The van der Waals surface area contributed by atoms with Gasteiger partial charge in [0.05, 0.1) is 38.6 Å². The van der Waals surface area contributed by atoms with Crippen molar-refractivity contribution in [2.45, 2.75) is 0 Å². The van der Waals surface area contributed by atoms with Gasteiger partial charge in [-0.25, -0.2) is 0 Å². The Morgan fingerprint density at radius 2 is 0.667 bits per heavy atom. The van der Waals surface area contributed by atoms with Crippen molar-refractivity contribution in [3.05, 3.63) is 243 Å². The van der Waals surface area contributed by atoms with E-state index in [0.29, 0.717) is 0 Å². The molecule has 0 bridgehead atoms. The Balaban J connectivity index is 1.00. The second kappa shape index (κ2) is 14.1. The maximum atomic E-state index is 2.58. The molecular formula is C66H40BN5. The summed E-state index contributed by atoms with van der Waals surface area (Å²) >= 11 is 0. The second-order valence-corrected chi connectivity index (χ2v) is 19.6. The lowest BCUT2D eigenvalue weighted by Gasteiger charge is -2.40. The number of nitrogens with zero attached hydrogens (tertiary/aromatic N) is 5. The Morgan fingerprint density at radius 3 is 1.21 bits per heavy atom. The van der Waals surface area contributed by atoms with E-state index in [4.69, 9.17) is 0 Å². The molecule has 0 radical (unpaired) electrons. The topological polar surface area (TPSA) is 23.0 Å². The summed E-state index contributed by atoms with van der Waals surface area (Å²) < 4.78 is 10.00. The van der Waals surface area contributed by atoms with Crippen molar-refractivity contribution in [1.82, 2.24) is 18.3 Å². The van der Waals surface area contributed by atoms with E-state index in [-0.39, 0.29) is 6.71 Å². The number of aromatic nitrogens is 4. The van der Waals surface area contributed by atoms with Gasteiger partial charge in [0.25, 0.3) is 6.71 Å². The largest absolute Gasteiger partial charge is 0.311 e. The number of hydrogen-bond acceptors (Lipinski definition) is 1. The molecule has 0 spiro atoms. The van der Waals surface area contributed by atoms with E-state index < -0.39 is 0 Å². The molecule has 17 rings (SSSR count). The highest BCUT2D eigenvalue weighted by atomic mass is 15.2. The maximum absolute atomic E-state index is 2.58. The van der Waals surface area contributed by atoms with E-state index in [1.54, 1.807) is 0 Å².